The molecule has 2 rings (SSSR count). The Kier molecular flexibility index (Phi) is 8.19. The molecule has 2 aromatic carbocycles. The summed E-state index contributed by atoms with van der Waals surface area (Å²) in [5.41, 5.74) is 2.22. The fourth-order valence-corrected chi connectivity index (χ4v) is 3.32. The SMILES string of the molecule is CCOc1ccccc1CSCC(=O)NCCc1ccccc1OC. The lowest BCUT2D eigenvalue weighted by Crippen LogP contribution is -2.27. The summed E-state index contributed by atoms with van der Waals surface area (Å²) in [4.78, 5) is 12.0. The van der Waals surface area contributed by atoms with Crippen molar-refractivity contribution in [2.75, 3.05) is 26.0 Å². The van der Waals surface area contributed by atoms with Gasteiger partial charge in [-0.2, -0.15) is 0 Å². The maximum atomic E-state index is 12.0. The summed E-state index contributed by atoms with van der Waals surface area (Å²) >= 11 is 1.59. The molecule has 0 radical (unpaired) electrons. The molecule has 0 aromatic heterocycles. The summed E-state index contributed by atoms with van der Waals surface area (Å²) < 4.78 is 10.9. The number of benzene rings is 2. The highest BCUT2D eigenvalue weighted by molar-refractivity contribution is 7.99. The van der Waals surface area contributed by atoms with Gasteiger partial charge in [0.05, 0.1) is 19.5 Å². The first-order valence-corrected chi connectivity index (χ1v) is 9.57. The molecule has 1 N–H and O–H groups in total. The van der Waals surface area contributed by atoms with Crippen LogP contribution in [0.25, 0.3) is 0 Å². The van der Waals surface area contributed by atoms with E-state index in [1.54, 1.807) is 18.9 Å². The molecule has 134 valence electrons. The van der Waals surface area contributed by atoms with Gasteiger partial charge < -0.3 is 14.8 Å². The Hall–Kier alpha value is -2.14. The third-order valence-corrected chi connectivity index (χ3v) is 4.65. The predicted molar refractivity (Wildman–Crippen MR) is 103 cm³/mol. The van der Waals surface area contributed by atoms with E-state index < -0.39 is 0 Å². The largest absolute Gasteiger partial charge is 0.496 e. The number of carbonyl (C=O) groups excluding carboxylic acids is 1. The summed E-state index contributed by atoms with van der Waals surface area (Å²) in [5.74, 6) is 3.00. The number of para-hydroxylation sites is 2. The molecule has 0 fully saturated rings. The Morgan fingerprint density at radius 3 is 2.44 bits per heavy atom. The molecule has 4 nitrogen and oxygen atoms in total. The number of nitrogens with one attached hydrogen (secondary N) is 1. The highest BCUT2D eigenvalue weighted by atomic mass is 32.2. The second kappa shape index (κ2) is 10.7. The van der Waals surface area contributed by atoms with Crippen LogP contribution in [0.1, 0.15) is 18.1 Å². The Morgan fingerprint density at radius 2 is 1.72 bits per heavy atom. The molecule has 0 spiro atoms. The van der Waals surface area contributed by atoms with E-state index in [0.29, 0.717) is 18.9 Å². The lowest BCUT2D eigenvalue weighted by atomic mass is 10.1. The van der Waals surface area contributed by atoms with Gasteiger partial charge in [-0.25, -0.2) is 0 Å². The molecule has 0 aliphatic heterocycles. The minimum Gasteiger partial charge on any atom is -0.496 e. The second-order valence-corrected chi connectivity index (χ2v) is 6.43. The van der Waals surface area contributed by atoms with E-state index >= 15 is 0 Å². The summed E-state index contributed by atoms with van der Waals surface area (Å²) in [6.07, 6.45) is 0.758. The predicted octanol–water partition coefficient (Wildman–Crippen LogP) is 3.69. The molecule has 1 amide bonds. The van der Waals surface area contributed by atoms with Gasteiger partial charge in [-0.1, -0.05) is 36.4 Å². The van der Waals surface area contributed by atoms with E-state index in [0.717, 1.165) is 34.8 Å². The van der Waals surface area contributed by atoms with Crippen LogP contribution in [0.15, 0.2) is 48.5 Å². The zero-order chi connectivity index (χ0) is 17.9. The van der Waals surface area contributed by atoms with E-state index in [9.17, 15) is 4.79 Å². The molecule has 0 heterocycles. The maximum absolute atomic E-state index is 12.0. The Morgan fingerprint density at radius 1 is 1.04 bits per heavy atom. The lowest BCUT2D eigenvalue weighted by Gasteiger charge is -2.10. The maximum Gasteiger partial charge on any atom is 0.230 e. The van der Waals surface area contributed by atoms with Gasteiger partial charge in [0.2, 0.25) is 5.91 Å². The summed E-state index contributed by atoms with van der Waals surface area (Å²) in [6.45, 7) is 3.22. The van der Waals surface area contributed by atoms with Crippen LogP contribution < -0.4 is 14.8 Å². The molecule has 0 saturated heterocycles. The fraction of sp³-hybridized carbons (Fsp3) is 0.350. The Bertz CT molecular complexity index is 675. The van der Waals surface area contributed by atoms with Gasteiger partial charge in [-0.15, -0.1) is 11.8 Å². The standard InChI is InChI=1S/C20H25NO3S/c1-3-24-19-11-7-5-9-17(19)14-25-15-20(22)21-13-12-16-8-4-6-10-18(16)23-2/h4-11H,3,12-15H2,1-2H3,(H,21,22). The smallest absolute Gasteiger partial charge is 0.230 e. The molecule has 0 aliphatic rings. The van der Waals surface area contributed by atoms with Crippen molar-refractivity contribution in [1.82, 2.24) is 5.32 Å². The number of carbonyl (C=O) groups is 1. The number of rotatable bonds is 10. The summed E-state index contributed by atoms with van der Waals surface area (Å²) in [7, 11) is 1.66. The Balaban J connectivity index is 1.71. The second-order valence-electron chi connectivity index (χ2n) is 5.45. The normalized spacial score (nSPS) is 10.3. The number of ether oxygens (including phenoxy) is 2. The van der Waals surface area contributed by atoms with E-state index in [1.807, 2.05) is 55.5 Å². The zero-order valence-electron chi connectivity index (χ0n) is 14.8. The number of thioether (sulfide) groups is 1. The van der Waals surface area contributed by atoms with Crippen LogP contribution >= 0.6 is 11.8 Å². The van der Waals surface area contributed by atoms with Gasteiger partial charge in [0.1, 0.15) is 11.5 Å². The molecule has 0 unspecified atom stereocenters. The third kappa shape index (κ3) is 6.35. The molecular weight excluding hydrogens is 334 g/mol. The van der Waals surface area contributed by atoms with Gasteiger partial charge in [-0.3, -0.25) is 4.79 Å². The molecule has 0 saturated carbocycles. The Labute approximate surface area is 153 Å². The third-order valence-electron chi connectivity index (χ3n) is 3.67. The van der Waals surface area contributed by atoms with Crippen LogP contribution in [0, 0.1) is 0 Å². The van der Waals surface area contributed by atoms with Gasteiger partial charge in [0, 0.05) is 17.9 Å². The van der Waals surface area contributed by atoms with E-state index in [2.05, 4.69) is 5.32 Å². The van der Waals surface area contributed by atoms with Gasteiger partial charge in [0.15, 0.2) is 0 Å². The van der Waals surface area contributed by atoms with E-state index in [4.69, 9.17) is 9.47 Å². The zero-order valence-corrected chi connectivity index (χ0v) is 15.6. The quantitative estimate of drug-likeness (QED) is 0.703. The highest BCUT2D eigenvalue weighted by Crippen LogP contribution is 2.23. The first kappa shape index (κ1) is 19.2. The van der Waals surface area contributed by atoms with E-state index in [1.165, 1.54) is 0 Å². The minimum absolute atomic E-state index is 0.0498. The first-order valence-electron chi connectivity index (χ1n) is 8.41. The number of hydrogen-bond acceptors (Lipinski definition) is 4. The summed E-state index contributed by atoms with van der Waals surface area (Å²) in [6, 6.07) is 15.8. The lowest BCUT2D eigenvalue weighted by molar-refractivity contribution is -0.118. The highest BCUT2D eigenvalue weighted by Gasteiger charge is 2.06. The van der Waals surface area contributed by atoms with Crippen LogP contribution in [0.2, 0.25) is 0 Å². The molecule has 0 bridgehead atoms. The van der Waals surface area contributed by atoms with Crippen molar-refractivity contribution in [1.29, 1.82) is 0 Å². The number of hydrogen-bond donors (Lipinski definition) is 1. The van der Waals surface area contributed by atoms with Crippen molar-refractivity contribution < 1.29 is 14.3 Å². The topological polar surface area (TPSA) is 47.6 Å². The number of amides is 1. The van der Waals surface area contributed by atoms with Gasteiger partial charge in [0.25, 0.3) is 0 Å². The average molecular weight is 359 g/mol. The first-order chi connectivity index (χ1) is 12.2. The van der Waals surface area contributed by atoms with Crippen LogP contribution in [0.4, 0.5) is 0 Å². The van der Waals surface area contributed by atoms with Crippen molar-refractivity contribution in [2.45, 2.75) is 19.1 Å². The van der Waals surface area contributed by atoms with Gasteiger partial charge in [-0.05, 0) is 31.0 Å². The molecule has 0 aliphatic carbocycles. The van der Waals surface area contributed by atoms with Gasteiger partial charge >= 0.3 is 0 Å². The van der Waals surface area contributed by atoms with E-state index in [-0.39, 0.29) is 5.91 Å². The van der Waals surface area contributed by atoms with Crippen LogP contribution in [0.5, 0.6) is 11.5 Å². The van der Waals surface area contributed by atoms with Crippen molar-refractivity contribution >= 4 is 17.7 Å². The van der Waals surface area contributed by atoms with Crippen LogP contribution in [-0.4, -0.2) is 31.9 Å². The fourth-order valence-electron chi connectivity index (χ4n) is 2.47. The minimum atomic E-state index is 0.0498. The molecular formula is C20H25NO3S. The number of methoxy groups -OCH3 is 1. The van der Waals surface area contributed by atoms with Crippen LogP contribution in [0.3, 0.4) is 0 Å². The van der Waals surface area contributed by atoms with Crippen molar-refractivity contribution in [3.05, 3.63) is 59.7 Å². The summed E-state index contributed by atoms with van der Waals surface area (Å²) in [5, 5.41) is 2.96. The van der Waals surface area contributed by atoms with Crippen molar-refractivity contribution in [2.24, 2.45) is 0 Å². The molecule has 2 aromatic rings. The molecule has 0 atom stereocenters. The monoisotopic (exact) mass is 359 g/mol. The van der Waals surface area contributed by atoms with Crippen LogP contribution in [-0.2, 0) is 17.0 Å². The average Bonchev–Trinajstić information content (AvgIpc) is 2.64. The van der Waals surface area contributed by atoms with Crippen molar-refractivity contribution in [3.8, 4) is 11.5 Å². The molecule has 25 heavy (non-hydrogen) atoms. The van der Waals surface area contributed by atoms with Crippen molar-refractivity contribution in [3.63, 3.8) is 0 Å². The molecule has 5 heteroatoms.